The summed E-state index contributed by atoms with van der Waals surface area (Å²) in [6.07, 6.45) is 1.65. The van der Waals surface area contributed by atoms with Crippen LogP contribution in [0.5, 0.6) is 5.75 Å². The SMILES string of the molecule is N=C(N)c1ccc2[nH]c(-c3cc(-c4cnn[nH]4)cc(-c4ccccc4)c3O)cc2c1. The molecule has 0 aliphatic carbocycles. The van der Waals surface area contributed by atoms with Crippen LogP contribution in [0.3, 0.4) is 0 Å². The second-order valence-corrected chi connectivity index (χ2v) is 7.05. The number of aromatic hydroxyl groups is 1. The molecule has 30 heavy (non-hydrogen) atoms. The summed E-state index contributed by atoms with van der Waals surface area (Å²) in [5.74, 6) is 0.193. The average Bonchev–Trinajstić information content (AvgIpc) is 3.44. The number of H-pyrrole nitrogens is 2. The maximum Gasteiger partial charge on any atom is 0.132 e. The Hall–Kier alpha value is -4.39. The smallest absolute Gasteiger partial charge is 0.132 e. The van der Waals surface area contributed by atoms with Crippen molar-refractivity contribution in [3.8, 4) is 39.4 Å². The molecular formula is C23H18N6O. The van der Waals surface area contributed by atoms with Crippen molar-refractivity contribution in [2.45, 2.75) is 0 Å². The monoisotopic (exact) mass is 394 g/mol. The van der Waals surface area contributed by atoms with Crippen molar-refractivity contribution < 1.29 is 5.11 Å². The lowest BCUT2D eigenvalue weighted by molar-refractivity contribution is 0.479. The third-order valence-electron chi connectivity index (χ3n) is 5.14. The van der Waals surface area contributed by atoms with Gasteiger partial charge in [0.15, 0.2) is 0 Å². The molecule has 0 unspecified atom stereocenters. The van der Waals surface area contributed by atoms with Gasteiger partial charge in [-0.05, 0) is 42.0 Å². The van der Waals surface area contributed by atoms with E-state index in [1.165, 1.54) is 0 Å². The Morgan fingerprint density at radius 1 is 0.900 bits per heavy atom. The van der Waals surface area contributed by atoms with Crippen molar-refractivity contribution in [2.24, 2.45) is 5.73 Å². The summed E-state index contributed by atoms with van der Waals surface area (Å²) in [7, 11) is 0. The molecule has 0 radical (unpaired) electrons. The zero-order valence-electron chi connectivity index (χ0n) is 15.8. The number of fused-ring (bicyclic) bond motifs is 1. The van der Waals surface area contributed by atoms with Gasteiger partial charge in [0.05, 0.1) is 17.6 Å². The summed E-state index contributed by atoms with van der Waals surface area (Å²) in [6.45, 7) is 0. The van der Waals surface area contributed by atoms with Crippen LogP contribution in [0.4, 0.5) is 0 Å². The number of hydrogen-bond donors (Lipinski definition) is 5. The number of hydrogen-bond acceptors (Lipinski definition) is 4. The zero-order chi connectivity index (χ0) is 20.7. The van der Waals surface area contributed by atoms with Gasteiger partial charge < -0.3 is 15.8 Å². The van der Waals surface area contributed by atoms with Crippen LogP contribution in [-0.2, 0) is 0 Å². The Labute approximate surface area is 171 Å². The first-order valence-electron chi connectivity index (χ1n) is 9.36. The van der Waals surface area contributed by atoms with Gasteiger partial charge in [0.2, 0.25) is 0 Å². The molecule has 2 aromatic heterocycles. The minimum Gasteiger partial charge on any atom is -0.507 e. The maximum atomic E-state index is 11.2. The van der Waals surface area contributed by atoms with E-state index in [-0.39, 0.29) is 11.6 Å². The van der Waals surface area contributed by atoms with Gasteiger partial charge in [-0.25, -0.2) is 0 Å². The van der Waals surface area contributed by atoms with Crippen molar-refractivity contribution >= 4 is 16.7 Å². The first kappa shape index (κ1) is 17.7. The molecule has 6 N–H and O–H groups in total. The van der Waals surface area contributed by atoms with E-state index >= 15 is 0 Å². The molecule has 5 rings (SSSR count). The van der Waals surface area contributed by atoms with Gasteiger partial charge in [0.1, 0.15) is 11.6 Å². The third-order valence-corrected chi connectivity index (χ3v) is 5.14. The van der Waals surface area contributed by atoms with Gasteiger partial charge in [-0.2, -0.15) is 0 Å². The first-order valence-corrected chi connectivity index (χ1v) is 9.36. The molecular weight excluding hydrogens is 376 g/mol. The Balaban J connectivity index is 1.74. The molecule has 7 nitrogen and oxygen atoms in total. The molecule has 0 atom stereocenters. The van der Waals surface area contributed by atoms with Crippen LogP contribution in [0.25, 0.3) is 44.5 Å². The summed E-state index contributed by atoms with van der Waals surface area (Å²) >= 11 is 0. The van der Waals surface area contributed by atoms with E-state index in [0.29, 0.717) is 16.7 Å². The molecule has 0 saturated heterocycles. The molecule has 0 spiro atoms. The van der Waals surface area contributed by atoms with Crippen LogP contribution in [0.1, 0.15) is 5.56 Å². The summed E-state index contributed by atoms with van der Waals surface area (Å²) in [4.78, 5) is 3.36. The average molecular weight is 394 g/mol. The molecule has 0 fully saturated rings. The van der Waals surface area contributed by atoms with Crippen molar-refractivity contribution in [1.29, 1.82) is 5.41 Å². The molecule has 7 heteroatoms. The Morgan fingerprint density at radius 2 is 1.70 bits per heavy atom. The first-order chi connectivity index (χ1) is 14.6. The van der Waals surface area contributed by atoms with E-state index in [1.54, 1.807) is 12.3 Å². The number of nitrogens with zero attached hydrogens (tertiary/aromatic N) is 2. The predicted octanol–water partition coefficient (Wildman–Crippen LogP) is 4.28. The van der Waals surface area contributed by atoms with Crippen LogP contribution in [0, 0.1) is 5.41 Å². The lowest BCUT2D eigenvalue weighted by atomic mass is 9.95. The van der Waals surface area contributed by atoms with Gasteiger partial charge in [0.25, 0.3) is 0 Å². The highest BCUT2D eigenvalue weighted by Crippen LogP contribution is 2.41. The second-order valence-electron chi connectivity index (χ2n) is 7.05. The van der Waals surface area contributed by atoms with E-state index in [9.17, 15) is 5.11 Å². The van der Waals surface area contributed by atoms with Gasteiger partial charge in [-0.3, -0.25) is 10.5 Å². The Kier molecular flexibility index (Phi) is 4.07. The van der Waals surface area contributed by atoms with E-state index < -0.39 is 0 Å². The zero-order valence-corrected chi connectivity index (χ0v) is 15.8. The topological polar surface area (TPSA) is 127 Å². The summed E-state index contributed by atoms with van der Waals surface area (Å²) in [6, 6.07) is 21.0. The van der Waals surface area contributed by atoms with E-state index in [4.69, 9.17) is 11.1 Å². The molecule has 2 heterocycles. The fraction of sp³-hybridized carbons (Fsp3) is 0. The summed E-state index contributed by atoms with van der Waals surface area (Å²) in [5.41, 5.74) is 11.8. The number of benzene rings is 3. The normalized spacial score (nSPS) is 11.1. The van der Waals surface area contributed by atoms with Crippen molar-refractivity contribution in [3.05, 3.63) is 78.5 Å². The number of aromatic nitrogens is 4. The molecule has 0 aliphatic heterocycles. The Bertz CT molecular complexity index is 1370. The highest BCUT2D eigenvalue weighted by molar-refractivity contribution is 6.00. The molecule has 0 amide bonds. The Morgan fingerprint density at radius 3 is 2.43 bits per heavy atom. The number of rotatable bonds is 4. The van der Waals surface area contributed by atoms with Crippen LogP contribution < -0.4 is 5.73 Å². The van der Waals surface area contributed by atoms with Gasteiger partial charge >= 0.3 is 0 Å². The minimum absolute atomic E-state index is 0.0163. The molecule has 3 aromatic carbocycles. The molecule has 0 saturated carbocycles. The number of nitrogens with two attached hydrogens (primary N) is 1. The van der Waals surface area contributed by atoms with Crippen molar-refractivity contribution in [2.75, 3.05) is 0 Å². The molecule has 0 aliphatic rings. The number of amidine groups is 1. The van der Waals surface area contributed by atoms with Gasteiger partial charge in [-0.1, -0.05) is 35.5 Å². The maximum absolute atomic E-state index is 11.2. The van der Waals surface area contributed by atoms with Crippen LogP contribution in [-0.4, -0.2) is 31.3 Å². The fourth-order valence-corrected chi connectivity index (χ4v) is 3.62. The van der Waals surface area contributed by atoms with Gasteiger partial charge in [-0.15, -0.1) is 5.10 Å². The van der Waals surface area contributed by atoms with Crippen LogP contribution in [0.2, 0.25) is 0 Å². The van der Waals surface area contributed by atoms with Crippen LogP contribution in [0.15, 0.2) is 72.9 Å². The highest BCUT2D eigenvalue weighted by Gasteiger charge is 2.17. The number of nitrogens with one attached hydrogen (secondary N) is 3. The van der Waals surface area contributed by atoms with E-state index in [2.05, 4.69) is 20.4 Å². The summed E-state index contributed by atoms with van der Waals surface area (Å²) in [5, 5.41) is 30.3. The largest absolute Gasteiger partial charge is 0.507 e. The molecule has 0 bridgehead atoms. The van der Waals surface area contributed by atoms with Crippen LogP contribution >= 0.6 is 0 Å². The van der Waals surface area contributed by atoms with Gasteiger partial charge in [0, 0.05) is 33.2 Å². The lowest BCUT2D eigenvalue weighted by Crippen LogP contribution is -2.10. The fourth-order valence-electron chi connectivity index (χ4n) is 3.62. The number of aromatic amines is 2. The predicted molar refractivity (Wildman–Crippen MR) is 117 cm³/mol. The number of phenols is 1. The van der Waals surface area contributed by atoms with Crippen molar-refractivity contribution in [1.82, 2.24) is 20.4 Å². The third kappa shape index (κ3) is 2.98. The highest BCUT2D eigenvalue weighted by atomic mass is 16.3. The quantitative estimate of drug-likeness (QED) is 0.230. The second kappa shape index (κ2) is 6.89. The molecule has 5 aromatic rings. The summed E-state index contributed by atoms with van der Waals surface area (Å²) < 4.78 is 0. The standard InChI is InChI=1S/C23H18N6O/c24-23(25)14-6-7-19-15(8-14)11-20(27-19)18-10-16(21-12-26-29-28-21)9-17(22(18)30)13-4-2-1-3-5-13/h1-12,27,30H,(H3,24,25)(H,26,28,29). The lowest BCUT2D eigenvalue weighted by Gasteiger charge is -2.12. The van der Waals surface area contributed by atoms with E-state index in [0.717, 1.165) is 33.4 Å². The van der Waals surface area contributed by atoms with E-state index in [1.807, 2.05) is 60.7 Å². The molecule has 146 valence electrons. The number of phenolic OH excluding ortho intramolecular Hbond substituents is 1. The number of nitrogen functional groups attached to an aromatic ring is 1. The minimum atomic E-state index is 0.0163. The van der Waals surface area contributed by atoms with Crippen molar-refractivity contribution in [3.63, 3.8) is 0 Å².